The summed E-state index contributed by atoms with van der Waals surface area (Å²) in [5, 5.41) is 9.32. The largest absolute Gasteiger partial charge is 0.480 e. The normalized spacial score (nSPS) is 20.7. The van der Waals surface area contributed by atoms with E-state index in [1.165, 1.54) is 21.1 Å². The molecule has 2 atom stereocenters. The minimum Gasteiger partial charge on any atom is -0.480 e. The SMILES string of the molecule is COC1CC(C(=O)O)N(C(=O)Cn2c(=O)n(C)c3ccccc32)C1. The number of likely N-dealkylation sites (tertiary alicyclic amines) is 1. The van der Waals surface area contributed by atoms with Crippen molar-refractivity contribution in [3.8, 4) is 0 Å². The van der Waals surface area contributed by atoms with Crippen molar-refractivity contribution >= 4 is 22.9 Å². The molecule has 3 rings (SSSR count). The van der Waals surface area contributed by atoms with Gasteiger partial charge < -0.3 is 14.7 Å². The first-order valence-electron chi connectivity index (χ1n) is 7.63. The smallest absolute Gasteiger partial charge is 0.329 e. The van der Waals surface area contributed by atoms with Crippen LogP contribution in [0.1, 0.15) is 6.42 Å². The standard InChI is InChI=1S/C16H19N3O5/c1-17-11-5-3-4-6-12(11)19(16(17)23)9-14(20)18-8-10(24-2)7-13(18)15(21)22/h3-6,10,13H,7-9H2,1-2H3,(H,21,22). The summed E-state index contributed by atoms with van der Waals surface area (Å²) in [7, 11) is 3.13. The van der Waals surface area contributed by atoms with Crippen molar-refractivity contribution in [1.29, 1.82) is 0 Å². The van der Waals surface area contributed by atoms with Crippen LogP contribution in [0.2, 0.25) is 0 Å². The topological polar surface area (TPSA) is 93.8 Å². The van der Waals surface area contributed by atoms with Gasteiger partial charge in [0.2, 0.25) is 5.91 Å². The van der Waals surface area contributed by atoms with Gasteiger partial charge >= 0.3 is 11.7 Å². The Hall–Kier alpha value is -2.61. The highest BCUT2D eigenvalue weighted by Gasteiger charge is 2.39. The maximum absolute atomic E-state index is 12.6. The molecule has 0 spiro atoms. The molecule has 24 heavy (non-hydrogen) atoms. The molecule has 0 aliphatic carbocycles. The van der Waals surface area contributed by atoms with Gasteiger partial charge in [-0.25, -0.2) is 9.59 Å². The Labute approximate surface area is 137 Å². The fraction of sp³-hybridized carbons (Fsp3) is 0.438. The van der Waals surface area contributed by atoms with Gasteiger partial charge in [0, 0.05) is 27.1 Å². The molecule has 2 heterocycles. The molecule has 128 valence electrons. The number of nitrogens with zero attached hydrogens (tertiary/aromatic N) is 3. The Balaban J connectivity index is 1.91. The summed E-state index contributed by atoms with van der Waals surface area (Å²) in [6.07, 6.45) is -0.0542. The van der Waals surface area contributed by atoms with Crippen molar-refractivity contribution < 1.29 is 19.4 Å². The summed E-state index contributed by atoms with van der Waals surface area (Å²) in [6.45, 7) is 0.0201. The number of methoxy groups -OCH3 is 1. The second-order valence-corrected chi connectivity index (χ2v) is 5.91. The number of hydrogen-bond acceptors (Lipinski definition) is 4. The highest BCUT2D eigenvalue weighted by atomic mass is 16.5. The van der Waals surface area contributed by atoms with Gasteiger partial charge in [0.15, 0.2) is 0 Å². The summed E-state index contributed by atoms with van der Waals surface area (Å²) in [5.74, 6) is -1.46. The number of para-hydroxylation sites is 2. The zero-order chi connectivity index (χ0) is 17.4. The lowest BCUT2D eigenvalue weighted by Gasteiger charge is -2.21. The average molecular weight is 333 g/mol. The molecule has 1 aliphatic rings. The number of rotatable bonds is 4. The lowest BCUT2D eigenvalue weighted by molar-refractivity contribution is -0.148. The Morgan fingerprint density at radius 2 is 1.96 bits per heavy atom. The molecular weight excluding hydrogens is 314 g/mol. The Morgan fingerprint density at radius 3 is 2.58 bits per heavy atom. The summed E-state index contributed by atoms with van der Waals surface area (Å²) in [5.41, 5.74) is 1.06. The Kier molecular flexibility index (Phi) is 4.15. The van der Waals surface area contributed by atoms with Crippen LogP contribution in [0.25, 0.3) is 11.0 Å². The molecule has 1 saturated heterocycles. The molecule has 1 N–H and O–H groups in total. The number of aryl methyl sites for hydroxylation is 1. The Morgan fingerprint density at radius 1 is 1.29 bits per heavy atom. The summed E-state index contributed by atoms with van der Waals surface area (Å²) < 4.78 is 8.03. The molecule has 0 radical (unpaired) electrons. The summed E-state index contributed by atoms with van der Waals surface area (Å²) >= 11 is 0. The van der Waals surface area contributed by atoms with Gasteiger partial charge in [-0.2, -0.15) is 0 Å². The predicted molar refractivity (Wildman–Crippen MR) is 85.7 cm³/mol. The second-order valence-electron chi connectivity index (χ2n) is 5.91. The van der Waals surface area contributed by atoms with Crippen LogP contribution >= 0.6 is 0 Å². The molecule has 1 fully saturated rings. The van der Waals surface area contributed by atoms with Crippen molar-refractivity contribution in [1.82, 2.24) is 14.0 Å². The van der Waals surface area contributed by atoms with Crippen molar-refractivity contribution in [3.63, 3.8) is 0 Å². The predicted octanol–water partition coefficient (Wildman–Crippen LogP) is 0.0405. The number of carbonyl (C=O) groups excluding carboxylic acids is 1. The highest BCUT2D eigenvalue weighted by molar-refractivity contribution is 5.85. The molecule has 1 aromatic carbocycles. The van der Waals surface area contributed by atoms with Crippen molar-refractivity contribution in [2.75, 3.05) is 13.7 Å². The van der Waals surface area contributed by atoms with Gasteiger partial charge in [0.1, 0.15) is 12.6 Å². The van der Waals surface area contributed by atoms with Crippen LogP contribution in [-0.2, 0) is 27.9 Å². The quantitative estimate of drug-likeness (QED) is 0.853. The third-order valence-electron chi connectivity index (χ3n) is 4.55. The number of imidazole rings is 1. The van der Waals surface area contributed by atoms with Crippen LogP contribution in [0.4, 0.5) is 0 Å². The first kappa shape index (κ1) is 16.3. The van der Waals surface area contributed by atoms with E-state index in [4.69, 9.17) is 4.74 Å². The average Bonchev–Trinajstić information content (AvgIpc) is 3.11. The maximum atomic E-state index is 12.6. The third kappa shape index (κ3) is 2.58. The van der Waals surface area contributed by atoms with Crippen LogP contribution in [-0.4, -0.2) is 56.8 Å². The fourth-order valence-electron chi connectivity index (χ4n) is 3.22. The molecule has 0 saturated carbocycles. The lowest BCUT2D eigenvalue weighted by atomic mass is 10.2. The van der Waals surface area contributed by atoms with Crippen molar-refractivity contribution in [3.05, 3.63) is 34.7 Å². The van der Waals surface area contributed by atoms with Gasteiger partial charge in [-0.3, -0.25) is 13.9 Å². The van der Waals surface area contributed by atoms with E-state index < -0.39 is 17.9 Å². The van der Waals surface area contributed by atoms with Gasteiger partial charge in [-0.05, 0) is 12.1 Å². The number of aliphatic carboxylic acids is 1. The third-order valence-corrected chi connectivity index (χ3v) is 4.55. The fourth-order valence-corrected chi connectivity index (χ4v) is 3.22. The van der Waals surface area contributed by atoms with E-state index in [2.05, 4.69) is 0 Å². The Bertz CT molecular complexity index is 853. The number of fused-ring (bicyclic) bond motifs is 1. The van der Waals surface area contributed by atoms with E-state index in [0.29, 0.717) is 5.52 Å². The number of hydrogen-bond donors (Lipinski definition) is 1. The van der Waals surface area contributed by atoms with E-state index in [9.17, 15) is 19.5 Å². The van der Waals surface area contributed by atoms with Gasteiger partial charge in [-0.15, -0.1) is 0 Å². The number of carboxylic acid groups (broad SMARTS) is 1. The van der Waals surface area contributed by atoms with Crippen molar-refractivity contribution in [2.24, 2.45) is 7.05 Å². The van der Waals surface area contributed by atoms with E-state index in [-0.39, 0.29) is 31.3 Å². The lowest BCUT2D eigenvalue weighted by Crippen LogP contribution is -2.43. The van der Waals surface area contributed by atoms with E-state index in [1.807, 2.05) is 6.07 Å². The van der Waals surface area contributed by atoms with Gasteiger partial charge in [-0.1, -0.05) is 12.1 Å². The minimum atomic E-state index is -1.06. The molecule has 0 bridgehead atoms. The van der Waals surface area contributed by atoms with Crippen LogP contribution in [0.3, 0.4) is 0 Å². The molecule has 8 nitrogen and oxygen atoms in total. The molecule has 1 aliphatic heterocycles. The maximum Gasteiger partial charge on any atom is 0.329 e. The zero-order valence-corrected chi connectivity index (χ0v) is 13.5. The van der Waals surface area contributed by atoms with Crippen LogP contribution in [0, 0.1) is 0 Å². The van der Waals surface area contributed by atoms with Crippen LogP contribution in [0.5, 0.6) is 0 Å². The summed E-state index contributed by atoms with van der Waals surface area (Å²) in [4.78, 5) is 37.7. The van der Waals surface area contributed by atoms with Gasteiger partial charge in [0.05, 0.1) is 17.1 Å². The van der Waals surface area contributed by atoms with Crippen molar-refractivity contribution in [2.45, 2.75) is 25.1 Å². The van der Waals surface area contributed by atoms with Gasteiger partial charge in [0.25, 0.3) is 0 Å². The number of ether oxygens (including phenoxy) is 1. The number of amides is 1. The molecule has 2 aromatic rings. The molecule has 2 unspecified atom stereocenters. The number of aromatic nitrogens is 2. The summed E-state index contributed by atoms with van der Waals surface area (Å²) in [6, 6.07) is 6.25. The molecule has 8 heteroatoms. The first-order chi connectivity index (χ1) is 11.4. The van der Waals surface area contributed by atoms with Crippen LogP contribution in [0.15, 0.2) is 29.1 Å². The van der Waals surface area contributed by atoms with Crippen LogP contribution < -0.4 is 5.69 Å². The first-order valence-corrected chi connectivity index (χ1v) is 7.63. The van der Waals surface area contributed by atoms with E-state index in [1.54, 1.807) is 25.2 Å². The zero-order valence-electron chi connectivity index (χ0n) is 13.5. The number of carboxylic acids is 1. The second kappa shape index (κ2) is 6.12. The molecule has 1 aromatic heterocycles. The number of benzene rings is 1. The number of carbonyl (C=O) groups is 2. The van der Waals surface area contributed by atoms with E-state index in [0.717, 1.165) is 5.52 Å². The van der Waals surface area contributed by atoms with E-state index >= 15 is 0 Å². The monoisotopic (exact) mass is 333 g/mol. The highest BCUT2D eigenvalue weighted by Crippen LogP contribution is 2.21. The molecular formula is C16H19N3O5. The minimum absolute atomic E-state index is 0.194. The molecule has 1 amide bonds.